The second-order valence-corrected chi connectivity index (χ2v) is 6.20. The summed E-state index contributed by atoms with van der Waals surface area (Å²) < 4.78 is 9.58. The Morgan fingerprint density at radius 2 is 2.07 bits per heavy atom. The fourth-order valence-corrected chi connectivity index (χ4v) is 3.29. The summed E-state index contributed by atoms with van der Waals surface area (Å²) in [5.41, 5.74) is 5.59. The highest BCUT2D eigenvalue weighted by atomic mass is 16.5. The van der Waals surface area contributed by atoms with E-state index in [0.29, 0.717) is 0 Å². The van der Waals surface area contributed by atoms with Gasteiger partial charge in [0.2, 0.25) is 0 Å². The number of benzene rings is 2. The minimum Gasteiger partial charge on any atom is -0.411 e. The Balaban J connectivity index is 1.76. The van der Waals surface area contributed by atoms with E-state index in [1.54, 1.807) is 19.6 Å². The van der Waals surface area contributed by atoms with Crippen molar-refractivity contribution in [2.24, 2.45) is 12.2 Å². The van der Waals surface area contributed by atoms with Crippen LogP contribution >= 0.6 is 0 Å². The van der Waals surface area contributed by atoms with Crippen LogP contribution in [0.5, 0.6) is 0 Å². The Morgan fingerprint density at radius 1 is 1.19 bits per heavy atom. The molecular weight excluding hydrogens is 342 g/mol. The normalized spacial score (nSPS) is 12.8. The molecule has 0 radical (unpaired) electrons. The second kappa shape index (κ2) is 7.05. The molecule has 1 atom stereocenters. The first-order valence-corrected chi connectivity index (χ1v) is 8.47. The number of aromatic nitrogens is 4. The molecule has 1 unspecified atom stereocenters. The summed E-state index contributed by atoms with van der Waals surface area (Å²) in [4.78, 5) is 4.47. The lowest BCUT2D eigenvalue weighted by atomic mass is 10.1. The molecule has 0 fully saturated rings. The van der Waals surface area contributed by atoms with E-state index in [-0.39, 0.29) is 6.10 Å². The first kappa shape index (κ1) is 17.0. The molecule has 0 spiro atoms. The van der Waals surface area contributed by atoms with E-state index in [1.165, 1.54) is 6.21 Å². The van der Waals surface area contributed by atoms with Crippen molar-refractivity contribution in [3.8, 4) is 5.69 Å². The molecule has 0 saturated heterocycles. The van der Waals surface area contributed by atoms with Crippen LogP contribution in [-0.2, 0) is 11.8 Å². The van der Waals surface area contributed by atoms with Gasteiger partial charge in [0.25, 0.3) is 0 Å². The maximum Gasteiger partial charge on any atom is 0.124 e. The summed E-state index contributed by atoms with van der Waals surface area (Å²) in [5.74, 6) is 0. The summed E-state index contributed by atoms with van der Waals surface area (Å²) in [6.07, 6.45) is 4.73. The van der Waals surface area contributed by atoms with Crippen LogP contribution in [-0.4, -0.2) is 37.9 Å². The first-order valence-electron chi connectivity index (χ1n) is 8.47. The van der Waals surface area contributed by atoms with Crippen molar-refractivity contribution in [1.29, 1.82) is 0 Å². The Kier molecular flexibility index (Phi) is 4.43. The highest BCUT2D eigenvalue weighted by Crippen LogP contribution is 2.27. The van der Waals surface area contributed by atoms with Crippen LogP contribution < -0.4 is 0 Å². The van der Waals surface area contributed by atoms with E-state index in [1.807, 2.05) is 58.8 Å². The monoisotopic (exact) mass is 361 g/mol. The van der Waals surface area contributed by atoms with Crippen molar-refractivity contribution >= 4 is 17.2 Å². The fraction of sp³-hybridized carbons (Fsp3) is 0.150. The lowest BCUT2D eigenvalue weighted by molar-refractivity contribution is 0.129. The number of nitrogens with zero attached hydrogens (tertiary/aromatic N) is 5. The maximum absolute atomic E-state index is 8.70. The van der Waals surface area contributed by atoms with Crippen molar-refractivity contribution in [3.63, 3.8) is 0 Å². The predicted molar refractivity (Wildman–Crippen MR) is 103 cm³/mol. The molecule has 2 heterocycles. The number of hydrogen-bond donors (Lipinski definition) is 1. The number of rotatable bonds is 5. The van der Waals surface area contributed by atoms with Crippen molar-refractivity contribution in [2.75, 3.05) is 7.11 Å². The van der Waals surface area contributed by atoms with E-state index in [9.17, 15) is 0 Å². The van der Waals surface area contributed by atoms with Crippen LogP contribution in [0.4, 0.5) is 0 Å². The van der Waals surface area contributed by atoms with Crippen molar-refractivity contribution < 1.29 is 9.94 Å². The van der Waals surface area contributed by atoms with Gasteiger partial charge >= 0.3 is 0 Å². The minimum atomic E-state index is -0.209. The zero-order chi connectivity index (χ0) is 18.8. The molecule has 7 nitrogen and oxygen atoms in total. The van der Waals surface area contributed by atoms with Crippen molar-refractivity contribution in [2.45, 2.75) is 6.10 Å². The molecule has 0 aliphatic carbocycles. The van der Waals surface area contributed by atoms with E-state index in [2.05, 4.69) is 21.3 Å². The summed E-state index contributed by atoms with van der Waals surface area (Å²) in [6, 6.07) is 15.8. The lowest BCUT2D eigenvalue weighted by Crippen LogP contribution is -2.09. The molecule has 4 aromatic rings. The SMILES string of the molecule is COC(c1cccc(-n2cnc3cc(/C=N/O)ccc32)c1)c1ccnn1C. The maximum atomic E-state index is 8.70. The smallest absolute Gasteiger partial charge is 0.124 e. The molecule has 0 saturated carbocycles. The molecule has 0 aliphatic heterocycles. The molecule has 2 aromatic carbocycles. The highest BCUT2D eigenvalue weighted by Gasteiger charge is 2.17. The summed E-state index contributed by atoms with van der Waals surface area (Å²) in [7, 11) is 3.60. The number of imidazole rings is 1. The third-order valence-electron chi connectivity index (χ3n) is 4.59. The number of hydrogen-bond acceptors (Lipinski definition) is 5. The van der Waals surface area contributed by atoms with Crippen molar-refractivity contribution in [3.05, 3.63) is 77.9 Å². The van der Waals surface area contributed by atoms with Gasteiger partial charge in [-0.25, -0.2) is 4.98 Å². The van der Waals surface area contributed by atoms with Gasteiger partial charge in [-0.1, -0.05) is 23.4 Å². The van der Waals surface area contributed by atoms with Crippen LogP contribution in [0.2, 0.25) is 0 Å². The molecule has 0 aliphatic rings. The summed E-state index contributed by atoms with van der Waals surface area (Å²) in [6.45, 7) is 0. The van der Waals surface area contributed by atoms with Crippen LogP contribution in [0.25, 0.3) is 16.7 Å². The van der Waals surface area contributed by atoms with E-state index in [4.69, 9.17) is 9.94 Å². The van der Waals surface area contributed by atoms with E-state index in [0.717, 1.165) is 33.5 Å². The predicted octanol–water partition coefficient (Wildman–Crippen LogP) is 3.30. The average molecular weight is 361 g/mol. The van der Waals surface area contributed by atoms with Gasteiger partial charge in [-0.3, -0.25) is 9.25 Å². The van der Waals surface area contributed by atoms with Crippen LogP contribution in [0.1, 0.15) is 22.9 Å². The third-order valence-corrected chi connectivity index (χ3v) is 4.59. The second-order valence-electron chi connectivity index (χ2n) is 6.20. The lowest BCUT2D eigenvalue weighted by Gasteiger charge is -2.17. The zero-order valence-corrected chi connectivity index (χ0v) is 15.0. The van der Waals surface area contributed by atoms with Crippen LogP contribution in [0, 0.1) is 0 Å². The third kappa shape index (κ3) is 3.09. The standard InChI is InChI=1S/C20H19N5O2/c1-24-19(8-9-22-24)20(27-2)15-4-3-5-16(11-15)25-13-21-17-10-14(12-23-26)6-7-18(17)25/h3-13,20,26H,1-2H3/b23-12+. The van der Waals surface area contributed by atoms with Gasteiger partial charge in [0.1, 0.15) is 12.4 Å². The zero-order valence-electron chi connectivity index (χ0n) is 15.0. The molecule has 2 aromatic heterocycles. The van der Waals surface area contributed by atoms with Gasteiger partial charge in [0.15, 0.2) is 0 Å². The van der Waals surface area contributed by atoms with Gasteiger partial charge in [-0.15, -0.1) is 0 Å². The quantitative estimate of drug-likeness (QED) is 0.336. The molecule has 1 N–H and O–H groups in total. The Bertz CT molecular complexity index is 1110. The van der Waals surface area contributed by atoms with Crippen LogP contribution in [0.15, 0.2) is 66.2 Å². The molecule has 136 valence electrons. The van der Waals surface area contributed by atoms with E-state index >= 15 is 0 Å². The number of methoxy groups -OCH3 is 1. The van der Waals surface area contributed by atoms with Gasteiger partial charge in [-0.05, 0) is 41.5 Å². The van der Waals surface area contributed by atoms with Gasteiger partial charge in [0.05, 0.1) is 22.9 Å². The van der Waals surface area contributed by atoms with Gasteiger partial charge in [-0.2, -0.15) is 5.10 Å². The Labute approximate surface area is 156 Å². The van der Waals surface area contributed by atoms with Gasteiger partial charge < -0.3 is 9.94 Å². The molecule has 0 bridgehead atoms. The number of fused-ring (bicyclic) bond motifs is 1. The van der Waals surface area contributed by atoms with Gasteiger partial charge in [0, 0.05) is 26.0 Å². The largest absolute Gasteiger partial charge is 0.411 e. The molecule has 4 rings (SSSR count). The fourth-order valence-electron chi connectivity index (χ4n) is 3.29. The molecule has 0 amide bonds. The number of oxime groups is 1. The van der Waals surface area contributed by atoms with Crippen molar-refractivity contribution in [1.82, 2.24) is 19.3 Å². The topological polar surface area (TPSA) is 77.5 Å². The molecular formula is C20H19N5O2. The number of aryl methyl sites for hydroxylation is 1. The summed E-state index contributed by atoms with van der Waals surface area (Å²) in [5, 5.41) is 16.0. The highest BCUT2D eigenvalue weighted by molar-refractivity contribution is 5.87. The van der Waals surface area contributed by atoms with Crippen LogP contribution in [0.3, 0.4) is 0 Å². The average Bonchev–Trinajstić information content (AvgIpc) is 3.29. The molecule has 7 heteroatoms. The first-order chi connectivity index (χ1) is 13.2. The Morgan fingerprint density at radius 3 is 2.81 bits per heavy atom. The minimum absolute atomic E-state index is 0.209. The van der Waals surface area contributed by atoms with E-state index < -0.39 is 0 Å². The number of ether oxygens (including phenoxy) is 1. The summed E-state index contributed by atoms with van der Waals surface area (Å²) >= 11 is 0. The molecule has 27 heavy (non-hydrogen) atoms. The Hall–Kier alpha value is -3.45.